The summed E-state index contributed by atoms with van der Waals surface area (Å²) in [6.07, 6.45) is 3.42. The molecule has 0 radical (unpaired) electrons. The third kappa shape index (κ3) is 2.63. The van der Waals surface area contributed by atoms with Crippen molar-refractivity contribution in [1.29, 1.82) is 0 Å². The Bertz CT molecular complexity index is 460. The number of carbonyl (C=O) groups excluding carboxylic acids is 1. The summed E-state index contributed by atoms with van der Waals surface area (Å²) in [6.45, 7) is 2.73. The fourth-order valence-corrected chi connectivity index (χ4v) is 3.20. The van der Waals surface area contributed by atoms with E-state index in [1.807, 2.05) is 4.90 Å². The van der Waals surface area contributed by atoms with Crippen LogP contribution in [-0.4, -0.2) is 36.5 Å². The topological polar surface area (TPSA) is 32.3 Å². The highest BCUT2D eigenvalue weighted by Crippen LogP contribution is 2.25. The van der Waals surface area contributed by atoms with Crippen LogP contribution in [0.15, 0.2) is 24.3 Å². The average Bonchev–Trinajstić information content (AvgIpc) is 2.47. The summed E-state index contributed by atoms with van der Waals surface area (Å²) in [5.41, 5.74) is 0.587. The van der Waals surface area contributed by atoms with E-state index >= 15 is 0 Å². The van der Waals surface area contributed by atoms with Gasteiger partial charge in [0, 0.05) is 24.7 Å². The number of carbonyl (C=O) groups is 1. The summed E-state index contributed by atoms with van der Waals surface area (Å²) in [6, 6.07) is 6.42. The van der Waals surface area contributed by atoms with Gasteiger partial charge in [-0.2, -0.15) is 0 Å². The molecule has 0 unspecified atom stereocenters. The molecule has 2 atom stereocenters. The Labute approximate surface area is 112 Å². The smallest absolute Gasteiger partial charge is 0.253 e. The lowest BCUT2D eigenvalue weighted by molar-refractivity contribution is 0.0593. The first kappa shape index (κ1) is 12.6. The fraction of sp³-hybridized carbons (Fsp3) is 0.533. The van der Waals surface area contributed by atoms with Crippen LogP contribution in [-0.2, 0) is 0 Å². The maximum absolute atomic E-state index is 12.9. The predicted molar refractivity (Wildman–Crippen MR) is 71.4 cm³/mol. The molecule has 2 fully saturated rings. The van der Waals surface area contributed by atoms with Crippen molar-refractivity contribution in [3.8, 4) is 0 Å². The van der Waals surface area contributed by atoms with E-state index in [0.29, 0.717) is 17.5 Å². The number of fused-ring (bicyclic) bond motifs is 1. The van der Waals surface area contributed by atoms with Crippen molar-refractivity contribution < 1.29 is 9.18 Å². The number of rotatable bonds is 1. The largest absolute Gasteiger partial charge is 0.338 e. The van der Waals surface area contributed by atoms with Gasteiger partial charge < -0.3 is 10.2 Å². The first-order valence-electron chi connectivity index (χ1n) is 7.02. The quantitative estimate of drug-likeness (QED) is 0.840. The van der Waals surface area contributed by atoms with Gasteiger partial charge in [-0.3, -0.25) is 4.79 Å². The minimum absolute atomic E-state index is 0.0315. The molecule has 1 N–H and O–H groups in total. The number of nitrogens with zero attached hydrogens (tertiary/aromatic N) is 1. The maximum Gasteiger partial charge on any atom is 0.253 e. The van der Waals surface area contributed by atoms with Gasteiger partial charge in [0.25, 0.3) is 5.91 Å². The van der Waals surface area contributed by atoms with Crippen molar-refractivity contribution in [3.05, 3.63) is 35.6 Å². The number of nitrogens with one attached hydrogen (secondary N) is 1. The Hall–Kier alpha value is -1.42. The minimum Gasteiger partial charge on any atom is -0.338 e. The molecule has 0 aliphatic carbocycles. The van der Waals surface area contributed by atoms with E-state index in [1.54, 1.807) is 12.1 Å². The molecule has 0 spiro atoms. The van der Waals surface area contributed by atoms with Crippen LogP contribution in [0.5, 0.6) is 0 Å². The lowest BCUT2D eigenvalue weighted by atomic mass is 9.85. The number of amides is 1. The van der Waals surface area contributed by atoms with Crippen LogP contribution >= 0.6 is 0 Å². The van der Waals surface area contributed by atoms with Crippen LogP contribution in [0.2, 0.25) is 0 Å². The highest BCUT2D eigenvalue weighted by molar-refractivity contribution is 5.94. The standard InChI is InChI=1S/C15H19FN2O/c16-13-5-3-11(4-6-13)15(19)18-9-7-14-12(10-18)2-1-8-17-14/h3-6,12,14,17H,1-2,7-10H2/t12-,14+/m1/s1. The lowest BCUT2D eigenvalue weighted by Crippen LogP contribution is -2.53. The zero-order chi connectivity index (χ0) is 13.2. The van der Waals surface area contributed by atoms with E-state index in [-0.39, 0.29) is 11.7 Å². The predicted octanol–water partition coefficient (Wildman–Crippen LogP) is 2.04. The lowest BCUT2D eigenvalue weighted by Gasteiger charge is -2.41. The second-order valence-corrected chi connectivity index (χ2v) is 5.51. The molecule has 4 heteroatoms. The molecule has 1 aromatic rings. The second-order valence-electron chi connectivity index (χ2n) is 5.51. The maximum atomic E-state index is 12.9. The Kier molecular flexibility index (Phi) is 3.51. The molecule has 2 aliphatic rings. The molecule has 1 amide bonds. The monoisotopic (exact) mass is 262 g/mol. The van der Waals surface area contributed by atoms with Crippen molar-refractivity contribution in [2.45, 2.75) is 25.3 Å². The number of hydrogen-bond donors (Lipinski definition) is 1. The number of piperidine rings is 2. The molecule has 102 valence electrons. The summed E-state index contributed by atoms with van der Waals surface area (Å²) in [5.74, 6) is 0.308. The summed E-state index contributed by atoms with van der Waals surface area (Å²) in [5, 5.41) is 3.54. The van der Waals surface area contributed by atoms with Crippen LogP contribution in [0, 0.1) is 11.7 Å². The Morgan fingerprint density at radius 1 is 1.26 bits per heavy atom. The number of benzene rings is 1. The molecule has 1 aromatic carbocycles. The van der Waals surface area contributed by atoms with Crippen LogP contribution in [0.4, 0.5) is 4.39 Å². The van der Waals surface area contributed by atoms with Gasteiger partial charge in [0.05, 0.1) is 0 Å². The zero-order valence-electron chi connectivity index (χ0n) is 10.9. The van der Waals surface area contributed by atoms with E-state index in [0.717, 1.165) is 26.1 Å². The molecule has 3 nitrogen and oxygen atoms in total. The van der Waals surface area contributed by atoms with Crippen LogP contribution in [0.3, 0.4) is 0 Å². The average molecular weight is 262 g/mol. The molecule has 2 saturated heterocycles. The van der Waals surface area contributed by atoms with Crippen molar-refractivity contribution in [2.24, 2.45) is 5.92 Å². The summed E-state index contributed by atoms with van der Waals surface area (Å²) in [4.78, 5) is 14.3. The number of halogens is 1. The first-order chi connectivity index (χ1) is 9.24. The fourth-order valence-electron chi connectivity index (χ4n) is 3.20. The normalized spacial score (nSPS) is 26.9. The molecule has 0 aromatic heterocycles. The van der Waals surface area contributed by atoms with Gasteiger partial charge in [-0.1, -0.05) is 0 Å². The van der Waals surface area contributed by atoms with E-state index in [4.69, 9.17) is 0 Å². The minimum atomic E-state index is -0.299. The van der Waals surface area contributed by atoms with Crippen molar-refractivity contribution in [3.63, 3.8) is 0 Å². The third-order valence-electron chi connectivity index (χ3n) is 4.27. The van der Waals surface area contributed by atoms with Gasteiger partial charge in [0.1, 0.15) is 5.82 Å². The SMILES string of the molecule is O=C(c1ccc(F)cc1)N1CC[C@@H]2NCCC[C@@H]2C1. The zero-order valence-corrected chi connectivity index (χ0v) is 10.9. The van der Waals surface area contributed by atoms with Gasteiger partial charge >= 0.3 is 0 Å². The van der Waals surface area contributed by atoms with Crippen LogP contribution < -0.4 is 5.32 Å². The van der Waals surface area contributed by atoms with Crippen LogP contribution in [0.1, 0.15) is 29.6 Å². The van der Waals surface area contributed by atoms with E-state index in [9.17, 15) is 9.18 Å². The van der Waals surface area contributed by atoms with Crippen LogP contribution in [0.25, 0.3) is 0 Å². The molecule has 0 bridgehead atoms. The number of hydrogen-bond acceptors (Lipinski definition) is 2. The van der Waals surface area contributed by atoms with Crippen molar-refractivity contribution in [2.75, 3.05) is 19.6 Å². The summed E-state index contributed by atoms with van der Waals surface area (Å²) < 4.78 is 12.9. The third-order valence-corrected chi connectivity index (χ3v) is 4.27. The van der Waals surface area contributed by atoms with E-state index in [1.165, 1.54) is 25.0 Å². The van der Waals surface area contributed by atoms with Gasteiger partial charge in [0.2, 0.25) is 0 Å². The molecule has 3 rings (SSSR count). The van der Waals surface area contributed by atoms with Crippen molar-refractivity contribution >= 4 is 5.91 Å². The molecular formula is C15H19FN2O. The molecular weight excluding hydrogens is 243 g/mol. The summed E-state index contributed by atoms with van der Waals surface area (Å²) >= 11 is 0. The molecule has 2 heterocycles. The molecule has 19 heavy (non-hydrogen) atoms. The number of likely N-dealkylation sites (tertiary alicyclic amines) is 1. The Morgan fingerprint density at radius 2 is 2.05 bits per heavy atom. The van der Waals surface area contributed by atoms with Gasteiger partial charge in [-0.15, -0.1) is 0 Å². The molecule has 2 aliphatic heterocycles. The molecule has 0 saturated carbocycles. The van der Waals surface area contributed by atoms with E-state index < -0.39 is 0 Å². The second kappa shape index (κ2) is 5.29. The highest BCUT2D eigenvalue weighted by Gasteiger charge is 2.32. The Morgan fingerprint density at radius 3 is 2.84 bits per heavy atom. The van der Waals surface area contributed by atoms with E-state index in [2.05, 4.69) is 5.32 Å². The first-order valence-corrected chi connectivity index (χ1v) is 7.02. The Balaban J connectivity index is 1.69. The highest BCUT2D eigenvalue weighted by atomic mass is 19.1. The van der Waals surface area contributed by atoms with Gasteiger partial charge in [-0.25, -0.2) is 4.39 Å². The van der Waals surface area contributed by atoms with Crippen molar-refractivity contribution in [1.82, 2.24) is 10.2 Å². The van der Waals surface area contributed by atoms with Gasteiger partial charge in [0.15, 0.2) is 0 Å². The van der Waals surface area contributed by atoms with Gasteiger partial charge in [-0.05, 0) is 56.0 Å². The summed E-state index contributed by atoms with van der Waals surface area (Å²) in [7, 11) is 0.